The van der Waals surface area contributed by atoms with E-state index in [9.17, 15) is 8.42 Å². The summed E-state index contributed by atoms with van der Waals surface area (Å²) in [7, 11) is -4.34. The van der Waals surface area contributed by atoms with Crippen molar-refractivity contribution in [2.45, 2.75) is 19.4 Å². The molecule has 1 aromatic carbocycles. The van der Waals surface area contributed by atoms with E-state index >= 15 is 0 Å². The lowest BCUT2D eigenvalue weighted by Gasteiger charge is -2.09. The van der Waals surface area contributed by atoms with Crippen LogP contribution in [0, 0.1) is 0 Å². The fraction of sp³-hybridized carbons (Fsp3) is 0.333. The summed E-state index contributed by atoms with van der Waals surface area (Å²) in [5.41, 5.74) is 0.962. The van der Waals surface area contributed by atoms with E-state index in [1.165, 1.54) is 0 Å². The molecular formula is C9H12O4S. The number of hydrogen-bond acceptors (Lipinski definition) is 3. The molecule has 0 aromatic heterocycles. The standard InChI is InChI=1S/C9H12O4S/c1-8(13-14(10,11)12)7-9-5-3-2-4-6-9/h2-6,8H,7H2,1H3,(H,10,11,12)/t8-/m0/s1. The first-order valence-electron chi connectivity index (χ1n) is 4.17. The van der Waals surface area contributed by atoms with Crippen LogP contribution in [0.15, 0.2) is 30.3 Å². The molecule has 0 spiro atoms. The third-order valence-corrected chi connectivity index (χ3v) is 2.22. The fourth-order valence-corrected chi connectivity index (χ4v) is 1.67. The Morgan fingerprint density at radius 3 is 2.43 bits per heavy atom. The first kappa shape index (κ1) is 11.2. The van der Waals surface area contributed by atoms with E-state index in [2.05, 4.69) is 4.18 Å². The van der Waals surface area contributed by atoms with Crippen LogP contribution in [-0.2, 0) is 21.0 Å². The van der Waals surface area contributed by atoms with Crippen LogP contribution in [0.3, 0.4) is 0 Å². The molecule has 1 N–H and O–H groups in total. The molecular weight excluding hydrogens is 204 g/mol. The van der Waals surface area contributed by atoms with E-state index in [0.717, 1.165) is 5.56 Å². The maximum atomic E-state index is 10.4. The summed E-state index contributed by atoms with van der Waals surface area (Å²) in [5, 5.41) is 0. The van der Waals surface area contributed by atoms with Gasteiger partial charge in [-0.1, -0.05) is 30.3 Å². The van der Waals surface area contributed by atoms with Gasteiger partial charge in [0.25, 0.3) is 0 Å². The van der Waals surface area contributed by atoms with Crippen LogP contribution in [0.25, 0.3) is 0 Å². The predicted molar refractivity (Wildman–Crippen MR) is 52.2 cm³/mol. The van der Waals surface area contributed by atoms with Crippen LogP contribution in [0.1, 0.15) is 12.5 Å². The second-order valence-electron chi connectivity index (χ2n) is 3.02. The van der Waals surface area contributed by atoms with Gasteiger partial charge in [0, 0.05) is 0 Å². The van der Waals surface area contributed by atoms with Gasteiger partial charge in [0.1, 0.15) is 0 Å². The second kappa shape index (κ2) is 4.54. The Kier molecular flexibility index (Phi) is 3.62. The topological polar surface area (TPSA) is 63.6 Å². The van der Waals surface area contributed by atoms with Crippen molar-refractivity contribution in [1.82, 2.24) is 0 Å². The molecule has 4 nitrogen and oxygen atoms in total. The van der Waals surface area contributed by atoms with Gasteiger partial charge >= 0.3 is 10.4 Å². The fourth-order valence-electron chi connectivity index (χ4n) is 1.19. The third kappa shape index (κ3) is 4.36. The highest BCUT2D eigenvalue weighted by atomic mass is 32.3. The smallest absolute Gasteiger partial charge is 0.264 e. The van der Waals surface area contributed by atoms with E-state index in [0.29, 0.717) is 6.42 Å². The van der Waals surface area contributed by atoms with Gasteiger partial charge in [0.2, 0.25) is 0 Å². The minimum atomic E-state index is -4.34. The summed E-state index contributed by atoms with van der Waals surface area (Å²) in [6, 6.07) is 9.32. The molecule has 1 rings (SSSR count). The normalized spacial score (nSPS) is 13.9. The Bertz CT molecular complexity index is 371. The van der Waals surface area contributed by atoms with Crippen molar-refractivity contribution < 1.29 is 17.2 Å². The SMILES string of the molecule is C[C@@H](Cc1ccccc1)OS(=O)(=O)O. The quantitative estimate of drug-likeness (QED) is 0.773. The van der Waals surface area contributed by atoms with Gasteiger partial charge in [-0.25, -0.2) is 4.18 Å². The van der Waals surface area contributed by atoms with E-state index in [1.807, 2.05) is 30.3 Å². The zero-order valence-electron chi connectivity index (χ0n) is 7.75. The second-order valence-corrected chi connectivity index (χ2v) is 4.07. The van der Waals surface area contributed by atoms with Crippen LogP contribution in [0.4, 0.5) is 0 Å². The van der Waals surface area contributed by atoms with Crippen molar-refractivity contribution in [3.8, 4) is 0 Å². The monoisotopic (exact) mass is 216 g/mol. The Labute approximate surface area is 83.5 Å². The minimum absolute atomic E-state index is 0.445. The minimum Gasteiger partial charge on any atom is -0.264 e. The Morgan fingerprint density at radius 2 is 1.93 bits per heavy atom. The zero-order chi connectivity index (χ0) is 10.6. The molecule has 0 saturated heterocycles. The lowest BCUT2D eigenvalue weighted by Crippen LogP contribution is -2.16. The van der Waals surface area contributed by atoms with Crippen molar-refractivity contribution >= 4 is 10.4 Å². The van der Waals surface area contributed by atoms with Crippen LogP contribution >= 0.6 is 0 Å². The molecule has 0 heterocycles. The zero-order valence-corrected chi connectivity index (χ0v) is 8.57. The van der Waals surface area contributed by atoms with E-state index in [-0.39, 0.29) is 0 Å². The molecule has 78 valence electrons. The molecule has 0 aliphatic carbocycles. The average molecular weight is 216 g/mol. The molecule has 1 aromatic rings. The first-order chi connectivity index (χ1) is 6.47. The summed E-state index contributed by atoms with van der Waals surface area (Å²) in [4.78, 5) is 0. The Balaban J connectivity index is 2.54. The van der Waals surface area contributed by atoms with Crippen LogP contribution in [0.2, 0.25) is 0 Å². The van der Waals surface area contributed by atoms with Crippen molar-refractivity contribution in [1.29, 1.82) is 0 Å². The number of benzene rings is 1. The molecule has 1 atom stereocenters. The largest absolute Gasteiger partial charge is 0.397 e. The molecule has 0 bridgehead atoms. The van der Waals surface area contributed by atoms with Crippen molar-refractivity contribution in [3.05, 3.63) is 35.9 Å². The summed E-state index contributed by atoms with van der Waals surface area (Å²) < 4.78 is 33.5. The van der Waals surface area contributed by atoms with Gasteiger partial charge in [-0.3, -0.25) is 4.55 Å². The van der Waals surface area contributed by atoms with Crippen LogP contribution in [0.5, 0.6) is 0 Å². The maximum Gasteiger partial charge on any atom is 0.397 e. The molecule has 0 fully saturated rings. The van der Waals surface area contributed by atoms with Gasteiger partial charge in [0.15, 0.2) is 0 Å². The highest BCUT2D eigenvalue weighted by Gasteiger charge is 2.12. The molecule has 0 saturated carbocycles. The highest BCUT2D eigenvalue weighted by molar-refractivity contribution is 7.80. The van der Waals surface area contributed by atoms with Crippen molar-refractivity contribution in [3.63, 3.8) is 0 Å². The Morgan fingerprint density at radius 1 is 1.36 bits per heavy atom. The number of rotatable bonds is 4. The van der Waals surface area contributed by atoms with Gasteiger partial charge in [-0.2, -0.15) is 8.42 Å². The summed E-state index contributed by atoms with van der Waals surface area (Å²) in [6.07, 6.45) is -0.118. The Hall–Kier alpha value is -0.910. The van der Waals surface area contributed by atoms with Crippen LogP contribution in [-0.4, -0.2) is 19.1 Å². The third-order valence-electron chi connectivity index (χ3n) is 1.65. The van der Waals surface area contributed by atoms with E-state index in [1.54, 1.807) is 6.92 Å². The summed E-state index contributed by atoms with van der Waals surface area (Å²) in [5.74, 6) is 0. The average Bonchev–Trinajstić information content (AvgIpc) is 2.02. The molecule has 0 unspecified atom stereocenters. The van der Waals surface area contributed by atoms with Crippen molar-refractivity contribution in [2.75, 3.05) is 0 Å². The molecule has 5 heteroatoms. The molecule has 0 aliphatic rings. The lowest BCUT2D eigenvalue weighted by atomic mass is 10.1. The number of hydrogen-bond donors (Lipinski definition) is 1. The van der Waals surface area contributed by atoms with Gasteiger partial charge in [-0.05, 0) is 18.9 Å². The predicted octanol–water partition coefficient (Wildman–Crippen LogP) is 1.44. The summed E-state index contributed by atoms with van der Waals surface area (Å²) >= 11 is 0. The van der Waals surface area contributed by atoms with Gasteiger partial charge in [0.05, 0.1) is 6.10 Å². The van der Waals surface area contributed by atoms with Gasteiger partial charge < -0.3 is 0 Å². The van der Waals surface area contributed by atoms with Gasteiger partial charge in [-0.15, -0.1) is 0 Å². The van der Waals surface area contributed by atoms with Crippen LogP contribution < -0.4 is 0 Å². The molecule has 14 heavy (non-hydrogen) atoms. The lowest BCUT2D eigenvalue weighted by molar-refractivity contribution is 0.198. The van der Waals surface area contributed by atoms with Crippen molar-refractivity contribution in [2.24, 2.45) is 0 Å². The summed E-state index contributed by atoms with van der Waals surface area (Å²) in [6.45, 7) is 1.58. The highest BCUT2D eigenvalue weighted by Crippen LogP contribution is 2.07. The molecule has 0 radical (unpaired) electrons. The molecule has 0 amide bonds. The van der Waals surface area contributed by atoms with E-state index in [4.69, 9.17) is 4.55 Å². The van der Waals surface area contributed by atoms with E-state index < -0.39 is 16.5 Å². The maximum absolute atomic E-state index is 10.4. The molecule has 0 aliphatic heterocycles. The first-order valence-corrected chi connectivity index (χ1v) is 5.53.